The molecule has 1 aliphatic rings. The number of nitrogens with one attached hydrogen (secondary N) is 1. The van der Waals surface area contributed by atoms with E-state index in [4.69, 9.17) is 5.11 Å². The van der Waals surface area contributed by atoms with Gasteiger partial charge in [0.25, 0.3) is 0 Å². The fourth-order valence-electron chi connectivity index (χ4n) is 0.998. The van der Waals surface area contributed by atoms with Crippen molar-refractivity contribution >= 4 is 5.97 Å². The van der Waals surface area contributed by atoms with Crippen LogP contribution in [-0.2, 0) is 4.79 Å². The largest absolute Gasteiger partial charge is 0.478 e. The molecule has 1 heterocycles. The van der Waals surface area contributed by atoms with Crippen LogP contribution in [0.2, 0.25) is 0 Å². The summed E-state index contributed by atoms with van der Waals surface area (Å²) in [4.78, 5) is 10.4. The number of carbonyl (C=O) groups is 1. The lowest BCUT2D eigenvalue weighted by molar-refractivity contribution is -0.132. The van der Waals surface area contributed by atoms with Gasteiger partial charge in [-0.2, -0.15) is 0 Å². The number of hydrogen-bond acceptors (Lipinski definition) is 2. The molecule has 0 radical (unpaired) electrons. The van der Waals surface area contributed by atoms with E-state index in [1.807, 2.05) is 0 Å². The maximum atomic E-state index is 10.4. The molecule has 0 aliphatic carbocycles. The number of rotatable bonds is 1. The van der Waals surface area contributed by atoms with Gasteiger partial charge < -0.3 is 10.4 Å². The highest BCUT2D eigenvalue weighted by atomic mass is 16.4. The average molecular weight is 141 g/mol. The topological polar surface area (TPSA) is 49.3 Å². The Morgan fingerprint density at radius 1 is 1.70 bits per heavy atom. The molecular formula is C7H11NO2. The van der Waals surface area contributed by atoms with E-state index in [-0.39, 0.29) is 0 Å². The molecule has 3 heteroatoms. The molecule has 0 aromatic carbocycles. The minimum atomic E-state index is -0.774. The second kappa shape index (κ2) is 3.37. The maximum Gasteiger partial charge on any atom is 0.331 e. The highest BCUT2D eigenvalue weighted by Crippen LogP contribution is 2.06. The van der Waals surface area contributed by atoms with Crippen molar-refractivity contribution in [3.63, 3.8) is 0 Å². The van der Waals surface area contributed by atoms with Gasteiger partial charge in [0.2, 0.25) is 0 Å². The van der Waals surface area contributed by atoms with Gasteiger partial charge in [0.15, 0.2) is 0 Å². The number of aliphatic carboxylic acids is 1. The summed E-state index contributed by atoms with van der Waals surface area (Å²) in [7, 11) is 0. The molecule has 0 atom stereocenters. The summed E-state index contributed by atoms with van der Waals surface area (Å²) in [6.45, 7) is 1.62. The van der Waals surface area contributed by atoms with Gasteiger partial charge in [-0.3, -0.25) is 0 Å². The van der Waals surface area contributed by atoms with E-state index in [1.165, 1.54) is 0 Å². The van der Waals surface area contributed by atoms with E-state index in [2.05, 4.69) is 5.32 Å². The van der Waals surface area contributed by atoms with Crippen LogP contribution in [0.3, 0.4) is 0 Å². The van der Waals surface area contributed by atoms with Crippen LogP contribution in [0.25, 0.3) is 0 Å². The molecule has 2 N–H and O–H groups in total. The van der Waals surface area contributed by atoms with Gasteiger partial charge in [0.1, 0.15) is 0 Å². The Labute approximate surface area is 59.7 Å². The van der Waals surface area contributed by atoms with Crippen molar-refractivity contribution in [1.29, 1.82) is 0 Å². The highest BCUT2D eigenvalue weighted by Gasteiger charge is 2.07. The molecule has 0 spiro atoms. The first-order valence-electron chi connectivity index (χ1n) is 3.44. The van der Waals surface area contributed by atoms with Crippen LogP contribution in [-0.4, -0.2) is 24.2 Å². The summed E-state index contributed by atoms with van der Waals surface area (Å²) in [6.07, 6.45) is 3.37. The van der Waals surface area contributed by atoms with Crippen LogP contribution in [0.1, 0.15) is 12.8 Å². The third kappa shape index (κ3) is 1.84. The Hall–Kier alpha value is -0.830. The van der Waals surface area contributed by atoms with Crippen molar-refractivity contribution in [3.8, 4) is 0 Å². The Balaban J connectivity index is 2.54. The average Bonchev–Trinajstić information content (AvgIpc) is 2.12. The second-order valence-corrected chi connectivity index (χ2v) is 2.34. The Morgan fingerprint density at radius 2 is 2.50 bits per heavy atom. The molecule has 0 bridgehead atoms. The SMILES string of the molecule is O=C(O)C1=CCNCCC1. The summed E-state index contributed by atoms with van der Waals surface area (Å²) < 4.78 is 0. The molecule has 1 aliphatic heterocycles. The van der Waals surface area contributed by atoms with Crippen LogP contribution in [0.4, 0.5) is 0 Å². The van der Waals surface area contributed by atoms with Gasteiger partial charge in [0.05, 0.1) is 0 Å². The molecule has 0 unspecified atom stereocenters. The lowest BCUT2D eigenvalue weighted by atomic mass is 10.1. The second-order valence-electron chi connectivity index (χ2n) is 2.34. The summed E-state index contributed by atoms with van der Waals surface area (Å²) in [5.74, 6) is -0.774. The monoisotopic (exact) mass is 141 g/mol. The first-order chi connectivity index (χ1) is 4.80. The van der Waals surface area contributed by atoms with Crippen molar-refractivity contribution in [2.24, 2.45) is 0 Å². The fourth-order valence-corrected chi connectivity index (χ4v) is 0.998. The van der Waals surface area contributed by atoms with Gasteiger partial charge >= 0.3 is 5.97 Å². The first kappa shape index (κ1) is 7.28. The van der Waals surface area contributed by atoms with Gasteiger partial charge in [-0.05, 0) is 19.4 Å². The van der Waals surface area contributed by atoms with Gasteiger partial charge in [-0.1, -0.05) is 6.08 Å². The molecule has 1 rings (SSSR count). The van der Waals surface area contributed by atoms with E-state index in [0.717, 1.165) is 13.0 Å². The Bertz CT molecular complexity index is 163. The summed E-state index contributed by atoms with van der Waals surface area (Å²) in [5.41, 5.74) is 0.546. The molecule has 0 saturated heterocycles. The number of hydrogen-bond donors (Lipinski definition) is 2. The Morgan fingerprint density at radius 3 is 3.20 bits per heavy atom. The molecule has 0 saturated carbocycles. The van der Waals surface area contributed by atoms with Crippen molar-refractivity contribution in [1.82, 2.24) is 5.32 Å². The third-order valence-corrected chi connectivity index (χ3v) is 1.57. The van der Waals surface area contributed by atoms with Gasteiger partial charge in [-0.25, -0.2) is 4.79 Å². The minimum absolute atomic E-state index is 0.546. The maximum absolute atomic E-state index is 10.4. The zero-order chi connectivity index (χ0) is 7.40. The van der Waals surface area contributed by atoms with E-state index < -0.39 is 5.97 Å². The van der Waals surface area contributed by atoms with E-state index in [0.29, 0.717) is 18.5 Å². The lowest BCUT2D eigenvalue weighted by Crippen LogP contribution is -2.12. The smallest absolute Gasteiger partial charge is 0.331 e. The predicted octanol–water partition coefficient (Wildman–Crippen LogP) is 0.381. The molecule has 0 fully saturated rings. The minimum Gasteiger partial charge on any atom is -0.478 e. The number of carboxylic acid groups (broad SMARTS) is 1. The molecular weight excluding hydrogens is 130 g/mol. The summed E-state index contributed by atoms with van der Waals surface area (Å²) in [5, 5.41) is 11.7. The van der Waals surface area contributed by atoms with E-state index in [1.54, 1.807) is 6.08 Å². The molecule has 0 aromatic rings. The van der Waals surface area contributed by atoms with Crippen LogP contribution in [0, 0.1) is 0 Å². The standard InChI is InChI=1S/C7H11NO2/c9-7(10)6-2-1-4-8-5-3-6/h3,8H,1-2,4-5H2,(H,9,10). The summed E-state index contributed by atoms with van der Waals surface area (Å²) in [6, 6.07) is 0. The quantitative estimate of drug-likeness (QED) is 0.555. The van der Waals surface area contributed by atoms with Crippen LogP contribution >= 0.6 is 0 Å². The third-order valence-electron chi connectivity index (χ3n) is 1.57. The molecule has 0 amide bonds. The van der Waals surface area contributed by atoms with Crippen molar-refractivity contribution < 1.29 is 9.90 Å². The predicted molar refractivity (Wildman–Crippen MR) is 37.8 cm³/mol. The van der Waals surface area contributed by atoms with Crippen LogP contribution in [0.5, 0.6) is 0 Å². The van der Waals surface area contributed by atoms with Crippen LogP contribution in [0.15, 0.2) is 11.6 Å². The molecule has 10 heavy (non-hydrogen) atoms. The van der Waals surface area contributed by atoms with Crippen molar-refractivity contribution in [3.05, 3.63) is 11.6 Å². The van der Waals surface area contributed by atoms with Gasteiger partial charge in [-0.15, -0.1) is 0 Å². The first-order valence-corrected chi connectivity index (χ1v) is 3.44. The fraction of sp³-hybridized carbons (Fsp3) is 0.571. The normalized spacial score (nSPS) is 19.4. The molecule has 3 nitrogen and oxygen atoms in total. The molecule has 0 aromatic heterocycles. The zero-order valence-corrected chi connectivity index (χ0v) is 5.76. The van der Waals surface area contributed by atoms with Crippen molar-refractivity contribution in [2.75, 3.05) is 13.1 Å². The van der Waals surface area contributed by atoms with Crippen LogP contribution < -0.4 is 5.32 Å². The Kier molecular flexibility index (Phi) is 2.45. The zero-order valence-electron chi connectivity index (χ0n) is 5.76. The summed E-state index contributed by atoms with van der Waals surface area (Å²) >= 11 is 0. The highest BCUT2D eigenvalue weighted by molar-refractivity contribution is 5.86. The lowest BCUT2D eigenvalue weighted by Gasteiger charge is -1.94. The van der Waals surface area contributed by atoms with E-state index >= 15 is 0 Å². The number of carboxylic acids is 1. The molecule has 56 valence electrons. The van der Waals surface area contributed by atoms with Crippen molar-refractivity contribution in [2.45, 2.75) is 12.8 Å². The van der Waals surface area contributed by atoms with Gasteiger partial charge in [0, 0.05) is 12.1 Å². The van der Waals surface area contributed by atoms with E-state index in [9.17, 15) is 4.79 Å².